The lowest BCUT2D eigenvalue weighted by molar-refractivity contribution is 0.0116. The van der Waals surface area contributed by atoms with Crippen molar-refractivity contribution in [2.24, 2.45) is 0 Å². The molecule has 3 aromatic carbocycles. The summed E-state index contributed by atoms with van der Waals surface area (Å²) in [7, 11) is 0. The molecule has 0 saturated heterocycles. The number of nitriles is 1. The Labute approximate surface area is 190 Å². The normalized spacial score (nSPS) is 14.0. The molecule has 2 unspecified atom stereocenters. The highest BCUT2D eigenvalue weighted by Gasteiger charge is 2.29. The van der Waals surface area contributed by atoms with Crippen LogP contribution < -0.4 is 5.32 Å². The second kappa shape index (κ2) is 9.82. The topological polar surface area (TPSA) is 103 Å². The molecule has 0 heterocycles. The number of carbonyl (C=O) groups excluding carboxylic acids is 1. The van der Waals surface area contributed by atoms with Crippen LogP contribution in [-0.4, -0.2) is 35.6 Å². The van der Waals surface area contributed by atoms with Gasteiger partial charge in [-0.2, -0.15) is 5.26 Å². The van der Waals surface area contributed by atoms with Gasteiger partial charge in [0, 0.05) is 18.0 Å². The average molecular weight is 446 g/mol. The van der Waals surface area contributed by atoms with Crippen molar-refractivity contribution in [1.29, 1.82) is 5.26 Å². The van der Waals surface area contributed by atoms with Crippen molar-refractivity contribution >= 4 is 6.09 Å². The molecule has 0 radical (unpaired) electrons. The number of carbonyl (C=O) groups is 1. The zero-order chi connectivity index (χ0) is 23.4. The fraction of sp³-hybridized carbons (Fsp3) is 0.231. The quantitative estimate of drug-likeness (QED) is 0.509. The van der Waals surface area contributed by atoms with Crippen molar-refractivity contribution in [3.05, 3.63) is 94.8 Å². The standard InChI is InChI=1S/C26H23FN2O4/c27-23-10-9-16(14-28)13-21(23)25(31)24(30)11-12-29-26(32)33-15-22-19-7-3-1-5-17(19)18-6-2-4-8-20(18)22/h1-10,13,22,24-25,30-31H,11-12,15H2,(H,29,32). The molecule has 1 amide bonds. The van der Waals surface area contributed by atoms with Crippen LogP contribution in [0.5, 0.6) is 0 Å². The van der Waals surface area contributed by atoms with Gasteiger partial charge in [0.2, 0.25) is 0 Å². The number of ether oxygens (including phenoxy) is 1. The van der Waals surface area contributed by atoms with Gasteiger partial charge in [-0.3, -0.25) is 0 Å². The van der Waals surface area contributed by atoms with E-state index in [0.717, 1.165) is 28.3 Å². The van der Waals surface area contributed by atoms with Gasteiger partial charge in [-0.1, -0.05) is 48.5 Å². The lowest BCUT2D eigenvalue weighted by Crippen LogP contribution is -2.31. The highest BCUT2D eigenvalue weighted by atomic mass is 19.1. The third-order valence-corrected chi connectivity index (χ3v) is 5.86. The minimum Gasteiger partial charge on any atom is -0.449 e. The Morgan fingerprint density at radius 3 is 2.33 bits per heavy atom. The van der Waals surface area contributed by atoms with Crippen LogP contribution >= 0.6 is 0 Å². The molecule has 6 nitrogen and oxygen atoms in total. The van der Waals surface area contributed by atoms with Gasteiger partial charge >= 0.3 is 6.09 Å². The van der Waals surface area contributed by atoms with Crippen molar-refractivity contribution < 1.29 is 24.1 Å². The number of aliphatic hydroxyl groups is 2. The number of hydrogen-bond donors (Lipinski definition) is 3. The number of nitrogens with zero attached hydrogens (tertiary/aromatic N) is 1. The van der Waals surface area contributed by atoms with Crippen LogP contribution in [0, 0.1) is 17.1 Å². The summed E-state index contributed by atoms with van der Waals surface area (Å²) in [5, 5.41) is 31.9. The number of nitrogens with one attached hydrogen (secondary N) is 1. The second-order valence-corrected chi connectivity index (χ2v) is 7.90. The molecule has 0 bridgehead atoms. The zero-order valence-corrected chi connectivity index (χ0v) is 17.7. The number of benzene rings is 3. The first-order valence-electron chi connectivity index (χ1n) is 10.6. The van der Waals surface area contributed by atoms with E-state index < -0.39 is 24.1 Å². The van der Waals surface area contributed by atoms with E-state index in [2.05, 4.69) is 17.4 Å². The summed E-state index contributed by atoms with van der Waals surface area (Å²) < 4.78 is 19.4. The van der Waals surface area contributed by atoms with E-state index in [4.69, 9.17) is 10.00 Å². The van der Waals surface area contributed by atoms with Crippen LogP contribution in [0.1, 0.15) is 40.7 Å². The molecule has 0 fully saturated rings. The molecular formula is C26H23FN2O4. The van der Waals surface area contributed by atoms with Crippen LogP contribution in [0.2, 0.25) is 0 Å². The highest BCUT2D eigenvalue weighted by Crippen LogP contribution is 2.44. The minimum absolute atomic E-state index is 0.0223. The molecule has 33 heavy (non-hydrogen) atoms. The zero-order valence-electron chi connectivity index (χ0n) is 17.7. The maximum Gasteiger partial charge on any atom is 0.407 e. The summed E-state index contributed by atoms with van der Waals surface area (Å²) in [6.45, 7) is 0.186. The Morgan fingerprint density at radius 2 is 1.70 bits per heavy atom. The first-order valence-corrected chi connectivity index (χ1v) is 10.6. The lowest BCUT2D eigenvalue weighted by Gasteiger charge is -2.19. The number of alkyl carbamates (subject to hydrolysis) is 1. The van der Waals surface area contributed by atoms with Gasteiger partial charge in [0.25, 0.3) is 0 Å². The van der Waals surface area contributed by atoms with E-state index in [1.54, 1.807) is 0 Å². The Morgan fingerprint density at radius 1 is 1.06 bits per heavy atom. The molecular weight excluding hydrogens is 423 g/mol. The molecule has 1 aliphatic rings. The fourth-order valence-electron chi connectivity index (χ4n) is 4.18. The SMILES string of the molecule is N#Cc1ccc(F)c(C(O)C(O)CCNC(=O)OCC2c3ccccc3-c3ccccc32)c1. The second-order valence-electron chi connectivity index (χ2n) is 7.90. The molecule has 0 saturated carbocycles. The first-order chi connectivity index (χ1) is 16.0. The van der Waals surface area contributed by atoms with Gasteiger partial charge in [-0.05, 0) is 46.9 Å². The number of fused-ring (bicyclic) bond motifs is 3. The van der Waals surface area contributed by atoms with E-state index in [-0.39, 0.29) is 36.6 Å². The van der Waals surface area contributed by atoms with Crippen LogP contribution in [0.3, 0.4) is 0 Å². The average Bonchev–Trinajstić information content (AvgIpc) is 3.16. The van der Waals surface area contributed by atoms with Crippen LogP contribution in [0.15, 0.2) is 66.7 Å². The van der Waals surface area contributed by atoms with Gasteiger partial charge in [0.05, 0.1) is 17.7 Å². The maximum atomic E-state index is 14.0. The number of hydrogen-bond acceptors (Lipinski definition) is 5. The summed E-state index contributed by atoms with van der Waals surface area (Å²) in [5.74, 6) is -0.781. The van der Waals surface area contributed by atoms with Crippen LogP contribution in [-0.2, 0) is 4.74 Å². The smallest absolute Gasteiger partial charge is 0.407 e. The maximum absolute atomic E-state index is 14.0. The van der Waals surface area contributed by atoms with Crippen LogP contribution in [0.25, 0.3) is 11.1 Å². The van der Waals surface area contributed by atoms with E-state index in [0.29, 0.717) is 0 Å². The van der Waals surface area contributed by atoms with E-state index in [1.165, 1.54) is 12.1 Å². The Kier molecular flexibility index (Phi) is 6.68. The van der Waals surface area contributed by atoms with Gasteiger partial charge in [0.15, 0.2) is 0 Å². The van der Waals surface area contributed by atoms with Gasteiger partial charge < -0.3 is 20.3 Å². The van der Waals surface area contributed by atoms with Gasteiger partial charge in [-0.25, -0.2) is 9.18 Å². The molecule has 7 heteroatoms. The highest BCUT2D eigenvalue weighted by molar-refractivity contribution is 5.79. The first kappa shape index (κ1) is 22.5. The third kappa shape index (κ3) is 4.72. The van der Waals surface area contributed by atoms with Crippen molar-refractivity contribution in [3.8, 4) is 17.2 Å². The summed E-state index contributed by atoms with van der Waals surface area (Å²) in [6, 6.07) is 21.4. The predicted molar refractivity (Wildman–Crippen MR) is 120 cm³/mol. The third-order valence-electron chi connectivity index (χ3n) is 5.86. The molecule has 168 valence electrons. The van der Waals surface area contributed by atoms with Crippen molar-refractivity contribution in [1.82, 2.24) is 5.32 Å². The van der Waals surface area contributed by atoms with Crippen molar-refractivity contribution in [2.45, 2.75) is 24.5 Å². The summed E-state index contributed by atoms with van der Waals surface area (Å²) in [6.07, 6.45) is -3.53. The summed E-state index contributed by atoms with van der Waals surface area (Å²) in [4.78, 5) is 12.2. The predicted octanol–water partition coefficient (Wildman–Crippen LogP) is 4.02. The van der Waals surface area contributed by atoms with E-state index >= 15 is 0 Å². The molecule has 0 spiro atoms. The largest absolute Gasteiger partial charge is 0.449 e. The minimum atomic E-state index is -1.53. The number of aliphatic hydroxyl groups excluding tert-OH is 2. The van der Waals surface area contributed by atoms with Crippen molar-refractivity contribution in [3.63, 3.8) is 0 Å². The number of rotatable bonds is 7. The van der Waals surface area contributed by atoms with E-state index in [9.17, 15) is 19.4 Å². The fourth-order valence-corrected chi connectivity index (χ4v) is 4.18. The molecule has 0 aliphatic heterocycles. The molecule has 3 N–H and O–H groups in total. The van der Waals surface area contributed by atoms with Crippen molar-refractivity contribution in [2.75, 3.05) is 13.2 Å². The van der Waals surface area contributed by atoms with Crippen LogP contribution in [0.4, 0.5) is 9.18 Å². The molecule has 2 atom stereocenters. The number of amides is 1. The lowest BCUT2D eigenvalue weighted by atomic mass is 9.98. The number of halogens is 1. The van der Waals surface area contributed by atoms with E-state index in [1.807, 2.05) is 42.5 Å². The monoisotopic (exact) mass is 446 g/mol. The van der Waals surface area contributed by atoms with Gasteiger partial charge in [0.1, 0.15) is 18.5 Å². The Hall–Kier alpha value is -3.73. The van der Waals surface area contributed by atoms with Gasteiger partial charge in [-0.15, -0.1) is 0 Å². The molecule has 3 aromatic rings. The molecule has 0 aromatic heterocycles. The Bertz CT molecular complexity index is 1160. The molecule has 4 rings (SSSR count). The molecule has 1 aliphatic carbocycles. The Balaban J connectivity index is 1.30. The summed E-state index contributed by atoms with van der Waals surface area (Å²) >= 11 is 0. The summed E-state index contributed by atoms with van der Waals surface area (Å²) in [5.41, 5.74) is 4.48.